The van der Waals surface area contributed by atoms with Crippen LogP contribution >= 0.6 is 0 Å². The molecule has 0 spiro atoms. The van der Waals surface area contributed by atoms with E-state index in [2.05, 4.69) is 5.32 Å². The molecule has 0 aliphatic carbocycles. The zero-order valence-corrected chi connectivity index (χ0v) is 9.57. The smallest absolute Gasteiger partial charge is 0.245 e. The van der Waals surface area contributed by atoms with Crippen LogP contribution < -0.4 is 5.32 Å². The highest BCUT2D eigenvalue weighted by molar-refractivity contribution is 5.88. The molecule has 2 aliphatic rings. The standard InChI is InChI=1S/C11H18N2O3/c1-13(8-5-6-16-7-8)11(15)9-3-2-4-10(14)12-9/h8-9H,2-7H2,1H3,(H,12,14)/t8?,9-/m1/s1. The molecule has 90 valence electrons. The molecule has 2 aliphatic heterocycles. The second-order valence-corrected chi connectivity index (χ2v) is 4.48. The summed E-state index contributed by atoms with van der Waals surface area (Å²) in [5, 5.41) is 2.75. The molecule has 0 bridgehead atoms. The Morgan fingerprint density at radius 2 is 2.31 bits per heavy atom. The van der Waals surface area contributed by atoms with Gasteiger partial charge in [-0.1, -0.05) is 0 Å². The van der Waals surface area contributed by atoms with E-state index in [4.69, 9.17) is 4.74 Å². The second-order valence-electron chi connectivity index (χ2n) is 4.48. The highest BCUT2D eigenvalue weighted by atomic mass is 16.5. The molecule has 1 N–H and O–H groups in total. The number of carbonyl (C=O) groups excluding carboxylic acids is 2. The average Bonchev–Trinajstić information content (AvgIpc) is 2.80. The van der Waals surface area contributed by atoms with Gasteiger partial charge in [-0.15, -0.1) is 0 Å². The van der Waals surface area contributed by atoms with E-state index in [1.54, 1.807) is 11.9 Å². The van der Waals surface area contributed by atoms with Gasteiger partial charge < -0.3 is 15.0 Å². The van der Waals surface area contributed by atoms with Crippen LogP contribution in [0.4, 0.5) is 0 Å². The number of nitrogens with zero attached hydrogens (tertiary/aromatic N) is 1. The van der Waals surface area contributed by atoms with Gasteiger partial charge in [0, 0.05) is 20.1 Å². The first-order chi connectivity index (χ1) is 7.68. The number of piperidine rings is 1. The molecule has 2 atom stereocenters. The Kier molecular flexibility index (Phi) is 3.43. The summed E-state index contributed by atoms with van der Waals surface area (Å²) >= 11 is 0. The second kappa shape index (κ2) is 4.82. The van der Waals surface area contributed by atoms with Gasteiger partial charge in [-0.3, -0.25) is 9.59 Å². The first-order valence-electron chi connectivity index (χ1n) is 5.82. The molecule has 0 radical (unpaired) electrons. The summed E-state index contributed by atoms with van der Waals surface area (Å²) in [4.78, 5) is 25.0. The van der Waals surface area contributed by atoms with E-state index in [9.17, 15) is 9.59 Å². The Morgan fingerprint density at radius 3 is 2.94 bits per heavy atom. The van der Waals surface area contributed by atoms with Gasteiger partial charge in [0.05, 0.1) is 12.6 Å². The van der Waals surface area contributed by atoms with Gasteiger partial charge in [-0.25, -0.2) is 0 Å². The highest BCUT2D eigenvalue weighted by Crippen LogP contribution is 2.15. The van der Waals surface area contributed by atoms with Crippen molar-refractivity contribution in [2.45, 2.75) is 37.8 Å². The molecule has 2 heterocycles. The van der Waals surface area contributed by atoms with Crippen molar-refractivity contribution < 1.29 is 14.3 Å². The normalized spacial score (nSPS) is 29.9. The highest BCUT2D eigenvalue weighted by Gasteiger charge is 2.31. The molecule has 0 aromatic carbocycles. The summed E-state index contributed by atoms with van der Waals surface area (Å²) in [6.45, 7) is 1.34. The van der Waals surface area contributed by atoms with Crippen LogP contribution in [0.2, 0.25) is 0 Å². The first kappa shape index (κ1) is 11.4. The van der Waals surface area contributed by atoms with Crippen molar-refractivity contribution in [1.82, 2.24) is 10.2 Å². The summed E-state index contributed by atoms with van der Waals surface area (Å²) in [5.74, 6) is 0.00391. The summed E-state index contributed by atoms with van der Waals surface area (Å²) in [6.07, 6.45) is 2.99. The molecular formula is C11H18N2O3. The lowest BCUT2D eigenvalue weighted by molar-refractivity contribution is -0.138. The van der Waals surface area contributed by atoms with Crippen molar-refractivity contribution in [3.05, 3.63) is 0 Å². The maximum absolute atomic E-state index is 12.1. The monoisotopic (exact) mass is 226 g/mol. The van der Waals surface area contributed by atoms with E-state index in [-0.39, 0.29) is 23.9 Å². The van der Waals surface area contributed by atoms with Crippen molar-refractivity contribution in [3.8, 4) is 0 Å². The molecular weight excluding hydrogens is 208 g/mol. The summed E-state index contributed by atoms with van der Waals surface area (Å²) < 4.78 is 5.26. The molecule has 16 heavy (non-hydrogen) atoms. The van der Waals surface area contributed by atoms with Crippen LogP contribution in [-0.4, -0.2) is 49.1 Å². The van der Waals surface area contributed by atoms with E-state index in [0.29, 0.717) is 13.0 Å². The fourth-order valence-corrected chi connectivity index (χ4v) is 2.24. The van der Waals surface area contributed by atoms with E-state index in [1.807, 2.05) is 0 Å². The number of likely N-dealkylation sites (N-methyl/N-ethyl adjacent to an activating group) is 1. The van der Waals surface area contributed by atoms with Crippen molar-refractivity contribution in [2.75, 3.05) is 20.3 Å². The molecule has 5 nitrogen and oxygen atoms in total. The van der Waals surface area contributed by atoms with Gasteiger partial charge in [0.2, 0.25) is 11.8 Å². The minimum absolute atomic E-state index is 0.0133. The number of hydrogen-bond donors (Lipinski definition) is 1. The third kappa shape index (κ3) is 2.35. The van der Waals surface area contributed by atoms with Crippen LogP contribution in [0.5, 0.6) is 0 Å². The van der Waals surface area contributed by atoms with E-state index >= 15 is 0 Å². The topological polar surface area (TPSA) is 58.6 Å². The lowest BCUT2D eigenvalue weighted by atomic mass is 10.0. The Morgan fingerprint density at radius 1 is 1.50 bits per heavy atom. The predicted molar refractivity (Wildman–Crippen MR) is 57.8 cm³/mol. The largest absolute Gasteiger partial charge is 0.379 e. The molecule has 0 aromatic heterocycles. The molecule has 5 heteroatoms. The van der Waals surface area contributed by atoms with Crippen LogP contribution in [-0.2, 0) is 14.3 Å². The molecule has 2 rings (SSSR count). The Bertz CT molecular complexity index is 287. The van der Waals surface area contributed by atoms with Gasteiger partial charge in [0.25, 0.3) is 0 Å². The Labute approximate surface area is 95.1 Å². The van der Waals surface area contributed by atoms with Crippen LogP contribution in [0.3, 0.4) is 0 Å². The third-order valence-corrected chi connectivity index (χ3v) is 3.33. The van der Waals surface area contributed by atoms with Crippen LogP contribution in [0, 0.1) is 0 Å². The van der Waals surface area contributed by atoms with Gasteiger partial charge in [0.1, 0.15) is 6.04 Å². The lowest BCUT2D eigenvalue weighted by Gasteiger charge is -2.30. The Balaban J connectivity index is 1.92. The van der Waals surface area contributed by atoms with E-state index in [1.165, 1.54) is 0 Å². The fraction of sp³-hybridized carbons (Fsp3) is 0.818. The number of ether oxygens (including phenoxy) is 1. The van der Waals surface area contributed by atoms with E-state index < -0.39 is 0 Å². The first-order valence-corrected chi connectivity index (χ1v) is 5.82. The van der Waals surface area contributed by atoms with Crippen molar-refractivity contribution in [3.63, 3.8) is 0 Å². The summed E-state index contributed by atoms with van der Waals surface area (Å²) in [6, 6.07) is -0.154. The van der Waals surface area contributed by atoms with Gasteiger partial charge in [-0.2, -0.15) is 0 Å². The fourth-order valence-electron chi connectivity index (χ4n) is 2.24. The lowest BCUT2D eigenvalue weighted by Crippen LogP contribution is -2.52. The van der Waals surface area contributed by atoms with E-state index in [0.717, 1.165) is 25.9 Å². The molecule has 0 aromatic rings. The number of carbonyl (C=O) groups is 2. The van der Waals surface area contributed by atoms with Crippen molar-refractivity contribution in [1.29, 1.82) is 0 Å². The SMILES string of the molecule is CN(C(=O)[C@H]1CCCC(=O)N1)C1CCOC1. The molecule has 2 amide bonds. The molecule has 1 unspecified atom stereocenters. The quantitative estimate of drug-likeness (QED) is 0.715. The van der Waals surface area contributed by atoms with Crippen LogP contribution in [0.15, 0.2) is 0 Å². The minimum atomic E-state index is -0.327. The van der Waals surface area contributed by atoms with Gasteiger partial charge in [-0.05, 0) is 19.3 Å². The predicted octanol–water partition coefficient (Wildman–Crippen LogP) is -0.0976. The number of amides is 2. The number of rotatable bonds is 2. The average molecular weight is 226 g/mol. The Hall–Kier alpha value is -1.10. The number of nitrogens with one attached hydrogen (secondary N) is 1. The zero-order valence-electron chi connectivity index (χ0n) is 9.57. The summed E-state index contributed by atoms with van der Waals surface area (Å²) in [5.41, 5.74) is 0. The number of hydrogen-bond acceptors (Lipinski definition) is 3. The molecule has 2 fully saturated rings. The maximum Gasteiger partial charge on any atom is 0.245 e. The van der Waals surface area contributed by atoms with Crippen LogP contribution in [0.25, 0.3) is 0 Å². The van der Waals surface area contributed by atoms with Crippen molar-refractivity contribution in [2.24, 2.45) is 0 Å². The van der Waals surface area contributed by atoms with Gasteiger partial charge >= 0.3 is 0 Å². The zero-order chi connectivity index (χ0) is 11.5. The molecule has 2 saturated heterocycles. The van der Waals surface area contributed by atoms with Crippen molar-refractivity contribution >= 4 is 11.8 Å². The summed E-state index contributed by atoms with van der Waals surface area (Å²) in [7, 11) is 1.79. The van der Waals surface area contributed by atoms with Crippen LogP contribution in [0.1, 0.15) is 25.7 Å². The molecule has 0 saturated carbocycles. The third-order valence-electron chi connectivity index (χ3n) is 3.33. The minimum Gasteiger partial charge on any atom is -0.379 e. The van der Waals surface area contributed by atoms with Gasteiger partial charge in [0.15, 0.2) is 0 Å². The maximum atomic E-state index is 12.1.